The number of aliphatic carboxylic acids is 1. The average molecular weight is 259 g/mol. The highest BCUT2D eigenvalue weighted by Gasteiger charge is 2.46. The van der Waals surface area contributed by atoms with E-state index in [1.54, 1.807) is 0 Å². The number of carbonyl (C=O) groups excluding carboxylic acids is 2. The van der Waals surface area contributed by atoms with Gasteiger partial charge in [0.05, 0.1) is 6.42 Å². The second kappa shape index (κ2) is 5.72. The van der Waals surface area contributed by atoms with Crippen molar-refractivity contribution in [2.24, 2.45) is 0 Å². The fourth-order valence-electron chi connectivity index (χ4n) is 1.50. The van der Waals surface area contributed by atoms with Crippen molar-refractivity contribution < 1.29 is 24.2 Å². The number of hydrogen-bond donors (Lipinski definition) is 2. The predicted octanol–water partition coefficient (Wildman–Crippen LogP) is 0.776. The van der Waals surface area contributed by atoms with E-state index in [-0.39, 0.29) is 11.7 Å². The molecule has 0 aromatic carbocycles. The molecule has 0 aromatic rings. The van der Waals surface area contributed by atoms with Crippen LogP contribution in [0.2, 0.25) is 0 Å². The van der Waals surface area contributed by atoms with E-state index in [2.05, 4.69) is 16.6 Å². The maximum atomic E-state index is 11.7. The summed E-state index contributed by atoms with van der Waals surface area (Å²) in [6.45, 7) is 3.39. The van der Waals surface area contributed by atoms with Gasteiger partial charge in [-0.05, 0) is 6.42 Å². The Morgan fingerprint density at radius 2 is 2.35 bits per heavy atom. The minimum Gasteiger partial charge on any atom is -0.481 e. The lowest BCUT2D eigenvalue weighted by Crippen LogP contribution is -2.52. The Labute approximate surface area is 102 Å². The van der Waals surface area contributed by atoms with E-state index in [1.165, 1.54) is 6.08 Å². The first kappa shape index (κ1) is 13.6. The first-order valence-corrected chi connectivity index (χ1v) is 5.93. The average Bonchev–Trinajstić information content (AvgIpc) is 2.56. The highest BCUT2D eigenvalue weighted by atomic mass is 32.2. The Morgan fingerprint density at radius 3 is 2.82 bits per heavy atom. The normalized spacial score (nSPS) is 23.2. The molecule has 1 unspecified atom stereocenters. The van der Waals surface area contributed by atoms with Gasteiger partial charge >= 0.3 is 12.1 Å². The zero-order valence-corrected chi connectivity index (χ0v) is 9.92. The molecule has 1 fully saturated rings. The van der Waals surface area contributed by atoms with Crippen molar-refractivity contribution in [1.29, 1.82) is 0 Å². The molecule has 1 rings (SSSR count). The van der Waals surface area contributed by atoms with Crippen LogP contribution in [0.15, 0.2) is 12.7 Å². The van der Waals surface area contributed by atoms with Crippen molar-refractivity contribution in [3.05, 3.63) is 12.7 Å². The number of carboxylic acid groups (broad SMARTS) is 1. The lowest BCUT2D eigenvalue weighted by Gasteiger charge is -2.25. The van der Waals surface area contributed by atoms with Gasteiger partial charge in [0, 0.05) is 5.75 Å². The second-order valence-electron chi connectivity index (χ2n) is 3.55. The SMILES string of the molecule is C=CCOC(=O)NC1(CC(=O)O)CCSC1=O. The second-order valence-corrected chi connectivity index (χ2v) is 4.62. The molecule has 1 atom stereocenters. The molecular weight excluding hydrogens is 246 g/mol. The summed E-state index contributed by atoms with van der Waals surface area (Å²) in [5, 5.41) is 10.8. The quantitative estimate of drug-likeness (QED) is 0.709. The molecule has 1 aliphatic rings. The summed E-state index contributed by atoms with van der Waals surface area (Å²) in [7, 11) is 0. The Morgan fingerprint density at radius 1 is 1.65 bits per heavy atom. The van der Waals surface area contributed by atoms with Crippen LogP contribution in [-0.2, 0) is 14.3 Å². The third kappa shape index (κ3) is 3.48. The van der Waals surface area contributed by atoms with Crippen molar-refractivity contribution in [3.63, 3.8) is 0 Å². The minimum atomic E-state index is -1.34. The van der Waals surface area contributed by atoms with Crippen molar-refractivity contribution >= 4 is 28.9 Å². The molecule has 2 N–H and O–H groups in total. The molecule has 1 heterocycles. The number of hydrogen-bond acceptors (Lipinski definition) is 5. The molecule has 0 aliphatic carbocycles. The fourth-order valence-corrected chi connectivity index (χ4v) is 2.64. The fraction of sp³-hybridized carbons (Fsp3) is 0.500. The van der Waals surface area contributed by atoms with Gasteiger partial charge in [0.2, 0.25) is 5.12 Å². The van der Waals surface area contributed by atoms with Crippen molar-refractivity contribution in [3.8, 4) is 0 Å². The summed E-state index contributed by atoms with van der Waals surface area (Å²) in [5.74, 6) is -0.640. The number of carboxylic acids is 1. The van der Waals surface area contributed by atoms with Crippen LogP contribution in [0.1, 0.15) is 12.8 Å². The van der Waals surface area contributed by atoms with Crippen molar-refractivity contribution in [2.75, 3.05) is 12.4 Å². The van der Waals surface area contributed by atoms with Gasteiger partial charge in [-0.25, -0.2) is 4.79 Å². The lowest BCUT2D eigenvalue weighted by molar-refractivity contribution is -0.140. The van der Waals surface area contributed by atoms with Crippen LogP contribution in [0.4, 0.5) is 4.79 Å². The van der Waals surface area contributed by atoms with E-state index < -0.39 is 24.0 Å². The monoisotopic (exact) mass is 259 g/mol. The van der Waals surface area contributed by atoms with Crippen molar-refractivity contribution in [1.82, 2.24) is 5.32 Å². The van der Waals surface area contributed by atoms with Crippen LogP contribution in [0.5, 0.6) is 0 Å². The van der Waals surface area contributed by atoms with Crippen molar-refractivity contribution in [2.45, 2.75) is 18.4 Å². The van der Waals surface area contributed by atoms with E-state index in [4.69, 9.17) is 5.11 Å². The first-order valence-electron chi connectivity index (χ1n) is 4.95. The Kier molecular flexibility index (Phi) is 4.56. The van der Waals surface area contributed by atoms with E-state index in [0.29, 0.717) is 12.2 Å². The number of thioether (sulfide) groups is 1. The Hall–Kier alpha value is -1.50. The standard InChI is InChI=1S/C10H13NO5S/c1-2-4-16-9(15)11-10(6-7(12)13)3-5-17-8(10)14/h2H,1,3-6H2,(H,11,15)(H,12,13). The molecule has 0 saturated carbocycles. The predicted molar refractivity (Wildman–Crippen MR) is 61.7 cm³/mol. The molecule has 0 aromatic heterocycles. The number of rotatable bonds is 5. The highest BCUT2D eigenvalue weighted by Crippen LogP contribution is 2.32. The summed E-state index contributed by atoms with van der Waals surface area (Å²) in [4.78, 5) is 33.7. The van der Waals surface area contributed by atoms with E-state index in [9.17, 15) is 14.4 Å². The summed E-state index contributed by atoms with van der Waals surface area (Å²) in [5.41, 5.74) is -1.34. The zero-order valence-electron chi connectivity index (χ0n) is 9.10. The summed E-state index contributed by atoms with van der Waals surface area (Å²) in [6.07, 6.45) is 0.449. The highest BCUT2D eigenvalue weighted by molar-refractivity contribution is 8.14. The van der Waals surface area contributed by atoms with Crippen LogP contribution in [0.3, 0.4) is 0 Å². The van der Waals surface area contributed by atoms with Crippen LogP contribution in [-0.4, -0.2) is 40.2 Å². The summed E-state index contributed by atoms with van der Waals surface area (Å²) in [6, 6.07) is 0. The molecule has 17 heavy (non-hydrogen) atoms. The molecule has 1 saturated heterocycles. The van der Waals surface area contributed by atoms with Crippen LogP contribution < -0.4 is 5.32 Å². The van der Waals surface area contributed by atoms with Crippen LogP contribution >= 0.6 is 11.8 Å². The number of nitrogens with one attached hydrogen (secondary N) is 1. The smallest absolute Gasteiger partial charge is 0.408 e. The zero-order chi connectivity index (χ0) is 12.9. The Bertz CT molecular complexity index is 357. The summed E-state index contributed by atoms with van der Waals surface area (Å²) < 4.78 is 4.69. The van der Waals surface area contributed by atoms with E-state index >= 15 is 0 Å². The third-order valence-corrected chi connectivity index (χ3v) is 3.34. The number of carbonyl (C=O) groups is 3. The van der Waals surface area contributed by atoms with E-state index in [0.717, 1.165) is 11.8 Å². The first-order chi connectivity index (χ1) is 8.00. The van der Waals surface area contributed by atoms with Gasteiger partial charge in [0.25, 0.3) is 0 Å². The van der Waals surface area contributed by atoms with Gasteiger partial charge in [-0.15, -0.1) is 0 Å². The van der Waals surface area contributed by atoms with Gasteiger partial charge in [-0.3, -0.25) is 9.59 Å². The minimum absolute atomic E-state index is 0.0102. The molecule has 0 spiro atoms. The molecule has 0 bridgehead atoms. The summed E-state index contributed by atoms with van der Waals surface area (Å²) >= 11 is 1.02. The Balaban J connectivity index is 2.70. The molecule has 0 radical (unpaired) electrons. The molecule has 1 amide bonds. The maximum Gasteiger partial charge on any atom is 0.408 e. The van der Waals surface area contributed by atoms with Gasteiger partial charge in [0.1, 0.15) is 12.1 Å². The van der Waals surface area contributed by atoms with Gasteiger partial charge < -0.3 is 15.2 Å². The van der Waals surface area contributed by atoms with Crippen LogP contribution in [0, 0.1) is 0 Å². The lowest BCUT2D eigenvalue weighted by atomic mass is 9.94. The molecule has 1 aliphatic heterocycles. The molecule has 6 nitrogen and oxygen atoms in total. The van der Waals surface area contributed by atoms with E-state index in [1.807, 2.05) is 0 Å². The number of amides is 1. The van der Waals surface area contributed by atoms with Crippen LogP contribution in [0.25, 0.3) is 0 Å². The maximum absolute atomic E-state index is 11.7. The van der Waals surface area contributed by atoms with Gasteiger partial charge in [-0.1, -0.05) is 24.4 Å². The topological polar surface area (TPSA) is 92.7 Å². The third-order valence-electron chi connectivity index (χ3n) is 2.28. The van der Waals surface area contributed by atoms with Gasteiger partial charge in [-0.2, -0.15) is 0 Å². The van der Waals surface area contributed by atoms with Gasteiger partial charge in [0.15, 0.2) is 0 Å². The number of ether oxygens (including phenoxy) is 1. The molecule has 94 valence electrons. The largest absolute Gasteiger partial charge is 0.481 e. The molecule has 7 heteroatoms. The molecular formula is C10H13NO5S. The number of alkyl carbamates (subject to hydrolysis) is 1.